The third-order valence-corrected chi connectivity index (χ3v) is 5.12. The fraction of sp³-hybridized carbons (Fsp3) is 0.263. The van der Waals surface area contributed by atoms with E-state index in [4.69, 9.17) is 4.98 Å². The number of fused-ring (bicyclic) bond motifs is 1. The summed E-state index contributed by atoms with van der Waals surface area (Å²) >= 11 is 1.51. The highest BCUT2D eigenvalue weighted by Crippen LogP contribution is 2.28. The van der Waals surface area contributed by atoms with Crippen LogP contribution in [0.25, 0.3) is 11.0 Å². The van der Waals surface area contributed by atoms with Crippen LogP contribution in [0, 0.1) is 0 Å². The normalized spacial score (nSPS) is 12.3. The molecule has 0 radical (unpaired) electrons. The van der Waals surface area contributed by atoms with Gasteiger partial charge in [-0.15, -0.1) is 0 Å². The smallest absolute Gasteiger partial charge is 0.240 e. The molecule has 0 fully saturated rings. The highest BCUT2D eigenvalue weighted by Gasteiger charge is 2.22. The summed E-state index contributed by atoms with van der Waals surface area (Å²) in [5.41, 5.74) is 2.98. The minimum Gasteiger partial charge on any atom is -0.319 e. The maximum absolute atomic E-state index is 12.7. The Morgan fingerprint density at radius 2 is 1.83 bits per heavy atom. The molecule has 124 valence electrons. The van der Waals surface area contributed by atoms with Crippen molar-refractivity contribution in [1.82, 2.24) is 9.55 Å². The van der Waals surface area contributed by atoms with Crippen molar-refractivity contribution in [3.05, 3.63) is 54.6 Å². The van der Waals surface area contributed by atoms with Gasteiger partial charge >= 0.3 is 0 Å². The van der Waals surface area contributed by atoms with Gasteiger partial charge in [-0.1, -0.05) is 42.1 Å². The number of amides is 1. The Morgan fingerprint density at radius 3 is 2.54 bits per heavy atom. The fourth-order valence-electron chi connectivity index (χ4n) is 2.71. The highest BCUT2D eigenvalue weighted by molar-refractivity contribution is 8.00. The summed E-state index contributed by atoms with van der Waals surface area (Å²) in [7, 11) is 1.82. The minimum absolute atomic E-state index is 0.0703. The van der Waals surface area contributed by atoms with Crippen LogP contribution in [0.1, 0.15) is 13.8 Å². The zero-order chi connectivity index (χ0) is 17.1. The number of imidazole rings is 1. The summed E-state index contributed by atoms with van der Waals surface area (Å²) in [5.74, 6) is 0.0703. The van der Waals surface area contributed by atoms with Crippen LogP contribution in [0.4, 0.5) is 5.69 Å². The first-order chi connectivity index (χ1) is 11.6. The Balaban J connectivity index is 1.82. The molecule has 0 saturated carbocycles. The Bertz CT molecular complexity index is 844. The monoisotopic (exact) mass is 339 g/mol. The van der Waals surface area contributed by atoms with E-state index < -0.39 is 0 Å². The Kier molecular flexibility index (Phi) is 4.90. The molecule has 3 aromatic rings. The van der Waals surface area contributed by atoms with Gasteiger partial charge in [-0.25, -0.2) is 4.98 Å². The standard InChI is InChI=1S/C19H21N3OS/c1-4-22-17-13-9-8-12-16(17)20-19(22)24-14(2)18(23)21(3)15-10-6-5-7-11-15/h5-14H,4H2,1-3H3/t14-/m1/s1. The van der Waals surface area contributed by atoms with Gasteiger partial charge in [-0.05, 0) is 38.1 Å². The van der Waals surface area contributed by atoms with Crippen molar-refractivity contribution >= 4 is 34.4 Å². The molecule has 1 aromatic heterocycles. The number of nitrogens with zero attached hydrogens (tertiary/aromatic N) is 3. The zero-order valence-electron chi connectivity index (χ0n) is 14.1. The molecule has 5 heteroatoms. The lowest BCUT2D eigenvalue weighted by atomic mass is 10.3. The molecule has 24 heavy (non-hydrogen) atoms. The molecule has 0 aliphatic rings. The van der Waals surface area contributed by atoms with Crippen LogP contribution in [0.5, 0.6) is 0 Å². The molecule has 0 saturated heterocycles. The number of aryl methyl sites for hydroxylation is 1. The van der Waals surface area contributed by atoms with Crippen molar-refractivity contribution in [1.29, 1.82) is 0 Å². The molecule has 0 unspecified atom stereocenters. The number of hydrogen-bond acceptors (Lipinski definition) is 3. The number of anilines is 1. The van der Waals surface area contributed by atoms with Gasteiger partial charge in [0.25, 0.3) is 0 Å². The van der Waals surface area contributed by atoms with Crippen molar-refractivity contribution in [2.24, 2.45) is 0 Å². The molecule has 3 rings (SSSR count). The molecule has 0 bridgehead atoms. The van der Waals surface area contributed by atoms with E-state index in [1.165, 1.54) is 11.8 Å². The summed E-state index contributed by atoms with van der Waals surface area (Å²) in [6, 6.07) is 17.8. The molecule has 1 amide bonds. The van der Waals surface area contributed by atoms with Crippen molar-refractivity contribution in [3.8, 4) is 0 Å². The average molecular weight is 339 g/mol. The van der Waals surface area contributed by atoms with Crippen LogP contribution in [-0.4, -0.2) is 27.8 Å². The van der Waals surface area contributed by atoms with Gasteiger partial charge in [0, 0.05) is 19.3 Å². The van der Waals surface area contributed by atoms with E-state index in [0.717, 1.165) is 28.4 Å². The third-order valence-electron chi connectivity index (χ3n) is 4.04. The van der Waals surface area contributed by atoms with E-state index in [1.54, 1.807) is 4.90 Å². The van der Waals surface area contributed by atoms with Crippen molar-refractivity contribution in [2.45, 2.75) is 30.8 Å². The first-order valence-electron chi connectivity index (χ1n) is 8.06. The molecule has 4 nitrogen and oxygen atoms in total. The summed E-state index contributed by atoms with van der Waals surface area (Å²) in [4.78, 5) is 19.1. The summed E-state index contributed by atoms with van der Waals surface area (Å²) in [6.07, 6.45) is 0. The van der Waals surface area contributed by atoms with Crippen molar-refractivity contribution in [3.63, 3.8) is 0 Å². The lowest BCUT2D eigenvalue weighted by Crippen LogP contribution is -2.33. The molecular formula is C19H21N3OS. The number of carbonyl (C=O) groups excluding carboxylic acids is 1. The van der Waals surface area contributed by atoms with Crippen LogP contribution >= 0.6 is 11.8 Å². The largest absolute Gasteiger partial charge is 0.319 e. The zero-order valence-corrected chi connectivity index (χ0v) is 15.0. The Morgan fingerprint density at radius 1 is 1.17 bits per heavy atom. The fourth-order valence-corrected chi connectivity index (χ4v) is 3.79. The van der Waals surface area contributed by atoms with E-state index in [2.05, 4.69) is 17.6 Å². The Hall–Kier alpha value is -2.27. The maximum atomic E-state index is 12.7. The van der Waals surface area contributed by atoms with E-state index in [9.17, 15) is 4.79 Å². The van der Waals surface area contributed by atoms with E-state index >= 15 is 0 Å². The summed E-state index contributed by atoms with van der Waals surface area (Å²) in [5, 5.41) is 0.679. The van der Waals surface area contributed by atoms with Gasteiger partial charge in [0.2, 0.25) is 5.91 Å². The second kappa shape index (κ2) is 7.09. The summed E-state index contributed by atoms with van der Waals surface area (Å²) < 4.78 is 2.16. The molecule has 1 heterocycles. The lowest BCUT2D eigenvalue weighted by molar-refractivity contribution is -0.117. The molecule has 0 spiro atoms. The highest BCUT2D eigenvalue weighted by atomic mass is 32.2. The van der Waals surface area contributed by atoms with Gasteiger partial charge in [0.1, 0.15) is 0 Å². The number of benzene rings is 2. The minimum atomic E-state index is -0.211. The lowest BCUT2D eigenvalue weighted by Gasteiger charge is -2.21. The van der Waals surface area contributed by atoms with Crippen molar-refractivity contribution < 1.29 is 4.79 Å². The van der Waals surface area contributed by atoms with E-state index in [0.29, 0.717) is 0 Å². The van der Waals surface area contributed by atoms with E-state index in [1.807, 2.05) is 62.5 Å². The number of thioether (sulfide) groups is 1. The van der Waals surface area contributed by atoms with Gasteiger partial charge in [-0.3, -0.25) is 4.79 Å². The first kappa shape index (κ1) is 16.6. The maximum Gasteiger partial charge on any atom is 0.240 e. The molecule has 1 atom stereocenters. The van der Waals surface area contributed by atoms with Crippen LogP contribution in [0.3, 0.4) is 0 Å². The average Bonchev–Trinajstić information content (AvgIpc) is 2.98. The molecule has 0 N–H and O–H groups in total. The Labute approximate surface area is 146 Å². The number of para-hydroxylation sites is 3. The second-order valence-electron chi connectivity index (χ2n) is 5.62. The van der Waals surface area contributed by atoms with Crippen LogP contribution < -0.4 is 4.90 Å². The van der Waals surface area contributed by atoms with Crippen LogP contribution in [0.2, 0.25) is 0 Å². The van der Waals surface area contributed by atoms with Gasteiger partial charge < -0.3 is 9.47 Å². The van der Waals surface area contributed by atoms with Crippen LogP contribution in [0.15, 0.2) is 59.8 Å². The van der Waals surface area contributed by atoms with E-state index in [-0.39, 0.29) is 11.2 Å². The molecular weight excluding hydrogens is 318 g/mol. The number of hydrogen-bond donors (Lipinski definition) is 0. The number of carbonyl (C=O) groups is 1. The second-order valence-corrected chi connectivity index (χ2v) is 6.93. The predicted octanol–water partition coefficient (Wildman–Crippen LogP) is 4.20. The SMILES string of the molecule is CCn1c(S[C@H](C)C(=O)N(C)c2ccccc2)nc2ccccc21. The van der Waals surface area contributed by atoms with Gasteiger partial charge in [0.05, 0.1) is 16.3 Å². The predicted molar refractivity (Wildman–Crippen MR) is 101 cm³/mol. The molecule has 0 aliphatic carbocycles. The third kappa shape index (κ3) is 3.17. The molecule has 2 aromatic carbocycles. The van der Waals surface area contributed by atoms with Gasteiger partial charge in [0.15, 0.2) is 5.16 Å². The first-order valence-corrected chi connectivity index (χ1v) is 8.94. The number of rotatable bonds is 5. The topological polar surface area (TPSA) is 38.1 Å². The molecule has 0 aliphatic heterocycles. The van der Waals surface area contributed by atoms with Crippen molar-refractivity contribution in [2.75, 3.05) is 11.9 Å². The van der Waals surface area contributed by atoms with Gasteiger partial charge in [-0.2, -0.15) is 0 Å². The summed E-state index contributed by atoms with van der Waals surface area (Å²) in [6.45, 7) is 4.87. The number of aromatic nitrogens is 2. The quantitative estimate of drug-likeness (QED) is 0.654. The van der Waals surface area contributed by atoms with Crippen LogP contribution in [-0.2, 0) is 11.3 Å².